The van der Waals surface area contributed by atoms with E-state index in [4.69, 9.17) is 0 Å². The predicted octanol–water partition coefficient (Wildman–Crippen LogP) is 5.09. The average molecular weight is 264 g/mol. The van der Waals surface area contributed by atoms with Gasteiger partial charge in [-0.1, -0.05) is 41.0 Å². The molecule has 3 aliphatic rings. The quantitative estimate of drug-likeness (QED) is 0.611. The minimum atomic E-state index is 0.292. The summed E-state index contributed by atoms with van der Waals surface area (Å²) in [5.74, 6) is 2.81. The molecule has 4 atom stereocenters. The minimum absolute atomic E-state index is 0.292. The van der Waals surface area contributed by atoms with E-state index in [1.807, 2.05) is 0 Å². The lowest BCUT2D eigenvalue weighted by atomic mass is 9.40. The molecular formula is C18H32O. The molecule has 3 fully saturated rings. The van der Waals surface area contributed by atoms with Gasteiger partial charge in [0.1, 0.15) is 6.29 Å². The van der Waals surface area contributed by atoms with Crippen molar-refractivity contribution in [2.45, 2.75) is 73.1 Å². The van der Waals surface area contributed by atoms with Crippen LogP contribution in [0.3, 0.4) is 0 Å². The standard InChI is InChI=1S/C18H32O/c1-13(2)6-7-14(12-19)11-18(5)9-8-15-10-16(18)17(15,3)4/h12-16H,6-11H2,1-5H3. The lowest BCUT2D eigenvalue weighted by Gasteiger charge is -2.65. The highest BCUT2D eigenvalue weighted by Crippen LogP contribution is 2.67. The van der Waals surface area contributed by atoms with Crippen LogP contribution in [0.1, 0.15) is 73.1 Å². The Balaban J connectivity index is 1.98. The van der Waals surface area contributed by atoms with E-state index >= 15 is 0 Å². The average Bonchev–Trinajstić information content (AvgIpc) is 2.33. The van der Waals surface area contributed by atoms with Crippen LogP contribution in [0, 0.1) is 34.5 Å². The Morgan fingerprint density at radius 3 is 2.37 bits per heavy atom. The maximum Gasteiger partial charge on any atom is 0.123 e. The van der Waals surface area contributed by atoms with Gasteiger partial charge in [0.2, 0.25) is 0 Å². The Labute approximate surface area is 119 Å². The maximum absolute atomic E-state index is 11.4. The van der Waals surface area contributed by atoms with Crippen molar-refractivity contribution in [1.29, 1.82) is 0 Å². The van der Waals surface area contributed by atoms with E-state index in [2.05, 4.69) is 34.6 Å². The fraction of sp³-hybridized carbons (Fsp3) is 0.944. The van der Waals surface area contributed by atoms with Crippen molar-refractivity contribution in [2.24, 2.45) is 34.5 Å². The summed E-state index contributed by atoms with van der Waals surface area (Å²) < 4.78 is 0. The second kappa shape index (κ2) is 5.22. The maximum atomic E-state index is 11.4. The van der Waals surface area contributed by atoms with Crippen molar-refractivity contribution in [2.75, 3.05) is 0 Å². The van der Waals surface area contributed by atoms with Gasteiger partial charge in [0.25, 0.3) is 0 Å². The molecule has 0 aliphatic heterocycles. The van der Waals surface area contributed by atoms with Crippen molar-refractivity contribution in [1.82, 2.24) is 0 Å². The largest absolute Gasteiger partial charge is 0.303 e. The molecule has 0 aromatic heterocycles. The van der Waals surface area contributed by atoms with E-state index in [1.165, 1.54) is 32.0 Å². The van der Waals surface area contributed by atoms with Gasteiger partial charge in [-0.15, -0.1) is 0 Å². The molecule has 0 aromatic rings. The van der Waals surface area contributed by atoms with Crippen molar-refractivity contribution >= 4 is 6.29 Å². The number of carbonyl (C=O) groups excluding carboxylic acids is 1. The SMILES string of the molecule is CC(C)CCC(C=O)CC1(C)CCC2CC1C2(C)C. The first-order valence-electron chi connectivity index (χ1n) is 8.25. The molecule has 1 nitrogen and oxygen atoms in total. The molecule has 0 saturated heterocycles. The molecule has 1 heteroatoms. The van der Waals surface area contributed by atoms with Crippen molar-refractivity contribution in [3.05, 3.63) is 0 Å². The highest BCUT2D eigenvalue weighted by molar-refractivity contribution is 5.53. The van der Waals surface area contributed by atoms with Crippen LogP contribution in [-0.2, 0) is 4.79 Å². The summed E-state index contributed by atoms with van der Waals surface area (Å²) in [6.45, 7) is 11.9. The van der Waals surface area contributed by atoms with E-state index in [0.717, 1.165) is 24.7 Å². The van der Waals surface area contributed by atoms with Crippen LogP contribution in [-0.4, -0.2) is 6.29 Å². The highest BCUT2D eigenvalue weighted by atomic mass is 16.1. The van der Waals surface area contributed by atoms with E-state index < -0.39 is 0 Å². The van der Waals surface area contributed by atoms with Crippen LogP contribution in [0.5, 0.6) is 0 Å². The number of fused-ring (bicyclic) bond motifs is 2. The first-order valence-corrected chi connectivity index (χ1v) is 8.25. The Morgan fingerprint density at radius 1 is 1.21 bits per heavy atom. The lowest BCUT2D eigenvalue weighted by Crippen LogP contribution is -2.57. The molecule has 110 valence electrons. The van der Waals surface area contributed by atoms with Crippen LogP contribution in [0.25, 0.3) is 0 Å². The van der Waals surface area contributed by atoms with Gasteiger partial charge in [-0.25, -0.2) is 0 Å². The van der Waals surface area contributed by atoms with Crippen LogP contribution in [0.4, 0.5) is 0 Å². The van der Waals surface area contributed by atoms with E-state index in [9.17, 15) is 4.79 Å². The molecule has 4 unspecified atom stereocenters. The van der Waals surface area contributed by atoms with Crippen LogP contribution < -0.4 is 0 Å². The molecule has 0 spiro atoms. The number of hydrogen-bond acceptors (Lipinski definition) is 1. The first-order chi connectivity index (χ1) is 8.79. The zero-order chi connectivity index (χ0) is 14.3. The smallest absolute Gasteiger partial charge is 0.123 e. The second-order valence-electron chi connectivity index (χ2n) is 8.57. The summed E-state index contributed by atoms with van der Waals surface area (Å²) in [5, 5.41) is 0. The van der Waals surface area contributed by atoms with Gasteiger partial charge in [0.15, 0.2) is 0 Å². The molecule has 0 aromatic carbocycles. The van der Waals surface area contributed by atoms with Gasteiger partial charge in [0.05, 0.1) is 0 Å². The summed E-state index contributed by atoms with van der Waals surface area (Å²) in [6, 6.07) is 0. The first kappa shape index (κ1) is 15.1. The van der Waals surface area contributed by atoms with E-state index in [-0.39, 0.29) is 0 Å². The number of rotatable bonds is 6. The highest BCUT2D eigenvalue weighted by Gasteiger charge is 2.59. The zero-order valence-corrected chi connectivity index (χ0v) is 13.5. The summed E-state index contributed by atoms with van der Waals surface area (Å²) in [5.41, 5.74) is 0.944. The van der Waals surface area contributed by atoms with E-state index in [1.54, 1.807) is 0 Å². The van der Waals surface area contributed by atoms with Crippen LogP contribution >= 0.6 is 0 Å². The molecule has 3 aliphatic carbocycles. The third kappa shape index (κ3) is 2.76. The van der Waals surface area contributed by atoms with Gasteiger partial charge >= 0.3 is 0 Å². The molecule has 0 radical (unpaired) electrons. The molecule has 0 N–H and O–H groups in total. The molecular weight excluding hydrogens is 232 g/mol. The van der Waals surface area contributed by atoms with E-state index in [0.29, 0.717) is 22.7 Å². The summed E-state index contributed by atoms with van der Waals surface area (Å²) in [7, 11) is 0. The normalized spacial score (nSPS) is 37.8. The van der Waals surface area contributed by atoms with Crippen LogP contribution in [0.2, 0.25) is 0 Å². The van der Waals surface area contributed by atoms with Crippen molar-refractivity contribution in [3.8, 4) is 0 Å². The molecule has 0 amide bonds. The monoisotopic (exact) mass is 264 g/mol. The van der Waals surface area contributed by atoms with Crippen LogP contribution in [0.15, 0.2) is 0 Å². The van der Waals surface area contributed by atoms with Gasteiger partial charge in [-0.05, 0) is 60.7 Å². The third-order valence-electron chi connectivity index (χ3n) is 6.41. The van der Waals surface area contributed by atoms with Gasteiger partial charge < -0.3 is 4.79 Å². The number of carbonyl (C=O) groups is 1. The molecule has 3 saturated carbocycles. The van der Waals surface area contributed by atoms with Crippen molar-refractivity contribution < 1.29 is 4.79 Å². The molecule has 19 heavy (non-hydrogen) atoms. The van der Waals surface area contributed by atoms with Gasteiger partial charge in [-0.2, -0.15) is 0 Å². The Kier molecular flexibility index (Phi) is 4.14. The molecule has 0 heterocycles. The molecule has 2 bridgehead atoms. The van der Waals surface area contributed by atoms with Crippen molar-refractivity contribution in [3.63, 3.8) is 0 Å². The second-order valence-corrected chi connectivity index (χ2v) is 8.57. The fourth-order valence-electron chi connectivity index (χ4n) is 4.98. The topological polar surface area (TPSA) is 17.1 Å². The summed E-state index contributed by atoms with van der Waals surface area (Å²) in [6.07, 6.45) is 8.80. The number of hydrogen-bond donors (Lipinski definition) is 0. The fourth-order valence-corrected chi connectivity index (χ4v) is 4.98. The summed E-state index contributed by atoms with van der Waals surface area (Å²) in [4.78, 5) is 11.4. The Morgan fingerprint density at radius 2 is 1.89 bits per heavy atom. The minimum Gasteiger partial charge on any atom is -0.303 e. The zero-order valence-electron chi connectivity index (χ0n) is 13.5. The Bertz CT molecular complexity index is 329. The molecule has 3 rings (SSSR count). The van der Waals surface area contributed by atoms with Gasteiger partial charge in [0, 0.05) is 5.92 Å². The number of aldehydes is 1. The summed E-state index contributed by atoms with van der Waals surface area (Å²) >= 11 is 0. The lowest BCUT2D eigenvalue weighted by molar-refractivity contribution is -0.158. The third-order valence-corrected chi connectivity index (χ3v) is 6.41. The Hall–Kier alpha value is -0.330. The predicted molar refractivity (Wildman–Crippen MR) is 81.0 cm³/mol. The van der Waals surface area contributed by atoms with Gasteiger partial charge in [-0.3, -0.25) is 0 Å².